The Morgan fingerprint density at radius 3 is 2.10 bits per heavy atom. The SMILES string of the molecule is O=C(O)c1nc(C2CCCCC2)n(C(=O)O)c1COC12CC3CC(CC(C3)C1)C2. The highest BCUT2D eigenvalue weighted by molar-refractivity contribution is 5.88. The smallest absolute Gasteiger partial charge is 0.417 e. The Labute approximate surface area is 170 Å². The van der Waals surface area contributed by atoms with Gasteiger partial charge < -0.3 is 14.9 Å². The van der Waals surface area contributed by atoms with Crippen LogP contribution in [-0.2, 0) is 11.3 Å². The van der Waals surface area contributed by atoms with Crippen LogP contribution < -0.4 is 0 Å². The Kier molecular flexibility index (Phi) is 4.68. The van der Waals surface area contributed by atoms with Crippen molar-refractivity contribution in [3.8, 4) is 0 Å². The van der Waals surface area contributed by atoms with Gasteiger partial charge in [-0.3, -0.25) is 0 Å². The van der Waals surface area contributed by atoms with E-state index >= 15 is 0 Å². The summed E-state index contributed by atoms with van der Waals surface area (Å²) >= 11 is 0. The van der Waals surface area contributed by atoms with Gasteiger partial charge in [-0.1, -0.05) is 19.3 Å². The summed E-state index contributed by atoms with van der Waals surface area (Å²) < 4.78 is 7.55. The van der Waals surface area contributed by atoms with Crippen molar-refractivity contribution in [2.24, 2.45) is 17.8 Å². The van der Waals surface area contributed by atoms with Gasteiger partial charge in [0.05, 0.1) is 17.9 Å². The number of hydrogen-bond acceptors (Lipinski definition) is 4. The van der Waals surface area contributed by atoms with Gasteiger partial charge in [0.25, 0.3) is 0 Å². The maximum Gasteiger partial charge on any atom is 0.417 e. The van der Waals surface area contributed by atoms with Gasteiger partial charge in [0, 0.05) is 5.92 Å². The average Bonchev–Trinajstić information content (AvgIpc) is 3.06. The first-order valence-corrected chi connectivity index (χ1v) is 11.2. The van der Waals surface area contributed by atoms with E-state index in [1.54, 1.807) is 0 Å². The highest BCUT2D eigenvalue weighted by atomic mass is 16.5. The fourth-order valence-corrected chi connectivity index (χ4v) is 7.05. The summed E-state index contributed by atoms with van der Waals surface area (Å²) in [6.07, 6.45) is 10.7. The second-order valence-corrected chi connectivity index (χ2v) is 9.91. The molecule has 0 unspecified atom stereocenters. The number of aromatic nitrogens is 2. The van der Waals surface area contributed by atoms with Gasteiger partial charge in [-0.15, -0.1) is 0 Å². The van der Waals surface area contributed by atoms with E-state index in [0.717, 1.165) is 55.9 Å². The predicted molar refractivity (Wildman–Crippen MR) is 104 cm³/mol. The zero-order chi connectivity index (χ0) is 20.2. The molecule has 5 aliphatic rings. The van der Waals surface area contributed by atoms with Crippen molar-refractivity contribution in [1.82, 2.24) is 9.55 Å². The van der Waals surface area contributed by atoms with Crippen LogP contribution in [0.1, 0.15) is 98.6 Å². The molecule has 1 heterocycles. The molecule has 7 heteroatoms. The lowest BCUT2D eigenvalue weighted by molar-refractivity contribution is -0.169. The summed E-state index contributed by atoms with van der Waals surface area (Å²) in [6, 6.07) is 0. The number of carboxylic acid groups (broad SMARTS) is 2. The van der Waals surface area contributed by atoms with Crippen LogP contribution in [0, 0.1) is 17.8 Å². The minimum Gasteiger partial charge on any atom is -0.476 e. The summed E-state index contributed by atoms with van der Waals surface area (Å²) in [5.41, 5.74) is -0.164. The number of ether oxygens (including phenoxy) is 1. The summed E-state index contributed by atoms with van der Waals surface area (Å²) in [7, 11) is 0. The van der Waals surface area contributed by atoms with Crippen molar-refractivity contribution in [3.63, 3.8) is 0 Å². The molecule has 1 aromatic rings. The minimum absolute atomic E-state index is 0.00579. The number of carboxylic acids is 1. The first kappa shape index (κ1) is 19.1. The zero-order valence-electron chi connectivity index (χ0n) is 16.8. The molecule has 158 valence electrons. The molecule has 5 fully saturated rings. The first-order chi connectivity index (χ1) is 13.9. The van der Waals surface area contributed by atoms with Crippen LogP contribution in [0.25, 0.3) is 0 Å². The molecule has 4 bridgehead atoms. The molecule has 2 N–H and O–H groups in total. The molecule has 0 saturated heterocycles. The van der Waals surface area contributed by atoms with E-state index in [-0.39, 0.29) is 29.5 Å². The van der Waals surface area contributed by atoms with Gasteiger partial charge >= 0.3 is 12.1 Å². The Balaban J connectivity index is 1.45. The van der Waals surface area contributed by atoms with Gasteiger partial charge in [0.1, 0.15) is 5.82 Å². The van der Waals surface area contributed by atoms with Gasteiger partial charge in [-0.2, -0.15) is 0 Å². The maximum absolute atomic E-state index is 12.1. The standard InChI is InChI=1S/C22H30N2O5/c25-20(26)18-17(24(21(27)28)19(23-18)16-4-2-1-3-5-16)12-29-22-9-13-6-14(10-22)8-15(7-13)11-22/h13-16H,1-12H2,(H,25,26)(H,27,28). The van der Waals surface area contributed by atoms with E-state index < -0.39 is 12.1 Å². The Morgan fingerprint density at radius 1 is 1.00 bits per heavy atom. The molecular weight excluding hydrogens is 372 g/mol. The molecule has 29 heavy (non-hydrogen) atoms. The highest BCUT2D eigenvalue weighted by Gasteiger charge is 2.52. The van der Waals surface area contributed by atoms with Crippen molar-refractivity contribution >= 4 is 12.1 Å². The third kappa shape index (κ3) is 3.37. The summed E-state index contributed by atoms with van der Waals surface area (Å²) in [6.45, 7) is 0.0137. The quantitative estimate of drug-likeness (QED) is 0.744. The van der Waals surface area contributed by atoms with Gasteiger partial charge in [0.2, 0.25) is 0 Å². The van der Waals surface area contributed by atoms with E-state index in [1.807, 2.05) is 0 Å². The zero-order valence-corrected chi connectivity index (χ0v) is 16.8. The number of imidazole rings is 1. The molecule has 0 aliphatic heterocycles. The normalized spacial score (nSPS) is 33.9. The van der Waals surface area contributed by atoms with Gasteiger partial charge in [0.15, 0.2) is 5.69 Å². The first-order valence-electron chi connectivity index (χ1n) is 11.2. The molecule has 1 aromatic heterocycles. The second kappa shape index (κ2) is 7.11. The van der Waals surface area contributed by atoms with Crippen LogP contribution in [0.3, 0.4) is 0 Å². The van der Waals surface area contributed by atoms with E-state index in [9.17, 15) is 19.8 Å². The van der Waals surface area contributed by atoms with Gasteiger partial charge in [-0.05, 0) is 69.1 Å². The maximum atomic E-state index is 12.1. The second-order valence-electron chi connectivity index (χ2n) is 9.91. The van der Waals surface area contributed by atoms with Crippen molar-refractivity contribution < 1.29 is 24.5 Å². The molecule has 5 aliphatic carbocycles. The third-order valence-corrected chi connectivity index (χ3v) is 7.86. The van der Waals surface area contributed by atoms with Gasteiger partial charge in [-0.25, -0.2) is 19.1 Å². The van der Waals surface area contributed by atoms with E-state index in [2.05, 4.69) is 4.98 Å². The van der Waals surface area contributed by atoms with E-state index in [0.29, 0.717) is 23.6 Å². The Morgan fingerprint density at radius 2 is 1.59 bits per heavy atom. The number of carbonyl (C=O) groups is 2. The van der Waals surface area contributed by atoms with Crippen molar-refractivity contribution in [1.29, 1.82) is 0 Å². The van der Waals surface area contributed by atoms with Crippen LogP contribution in [0.4, 0.5) is 4.79 Å². The van der Waals surface area contributed by atoms with Crippen molar-refractivity contribution in [2.75, 3.05) is 0 Å². The predicted octanol–water partition coefficient (Wildman–Crippen LogP) is 4.64. The van der Waals surface area contributed by atoms with Crippen molar-refractivity contribution in [2.45, 2.75) is 88.8 Å². The topological polar surface area (TPSA) is 102 Å². The molecule has 6 rings (SSSR count). The molecule has 0 radical (unpaired) electrons. The van der Waals surface area contributed by atoms with E-state index in [1.165, 1.54) is 19.3 Å². The van der Waals surface area contributed by atoms with Crippen LogP contribution in [-0.4, -0.2) is 37.4 Å². The fourth-order valence-electron chi connectivity index (χ4n) is 7.05. The monoisotopic (exact) mass is 402 g/mol. The molecule has 0 amide bonds. The number of aromatic carboxylic acids is 1. The largest absolute Gasteiger partial charge is 0.476 e. The van der Waals surface area contributed by atoms with Crippen LogP contribution >= 0.6 is 0 Å². The highest BCUT2D eigenvalue weighted by Crippen LogP contribution is 2.57. The Hall–Kier alpha value is -1.89. The Bertz CT molecular complexity index is 788. The lowest BCUT2D eigenvalue weighted by Gasteiger charge is -2.56. The lowest BCUT2D eigenvalue weighted by atomic mass is 9.54. The summed E-state index contributed by atoms with van der Waals surface area (Å²) in [5, 5.41) is 19.6. The fraction of sp³-hybridized carbons (Fsp3) is 0.773. The average molecular weight is 402 g/mol. The molecule has 7 nitrogen and oxygen atoms in total. The van der Waals surface area contributed by atoms with Crippen LogP contribution in [0.15, 0.2) is 0 Å². The van der Waals surface area contributed by atoms with Crippen LogP contribution in [0.5, 0.6) is 0 Å². The minimum atomic E-state index is -1.17. The molecule has 5 saturated carbocycles. The van der Waals surface area contributed by atoms with E-state index in [4.69, 9.17) is 4.74 Å². The lowest BCUT2D eigenvalue weighted by Crippen LogP contribution is -2.52. The number of nitrogens with zero attached hydrogens (tertiary/aromatic N) is 2. The molecule has 0 aromatic carbocycles. The molecule has 0 atom stereocenters. The number of hydrogen-bond donors (Lipinski definition) is 2. The van der Waals surface area contributed by atoms with Crippen molar-refractivity contribution in [3.05, 3.63) is 17.2 Å². The third-order valence-electron chi connectivity index (χ3n) is 7.86. The van der Waals surface area contributed by atoms with Crippen LogP contribution in [0.2, 0.25) is 0 Å². The summed E-state index contributed by atoms with van der Waals surface area (Å²) in [5.74, 6) is 1.35. The summed E-state index contributed by atoms with van der Waals surface area (Å²) in [4.78, 5) is 28.3. The molecule has 0 spiro atoms. The number of rotatable bonds is 5. The molecular formula is C22H30N2O5.